The van der Waals surface area contributed by atoms with E-state index in [0.717, 1.165) is 11.3 Å². The molecule has 1 aromatic carbocycles. The average Bonchev–Trinajstić information content (AvgIpc) is 3.17. The Morgan fingerprint density at radius 2 is 1.97 bits per heavy atom. The highest BCUT2D eigenvalue weighted by Gasteiger charge is 2.16. The van der Waals surface area contributed by atoms with Crippen LogP contribution < -0.4 is 30.7 Å². The van der Waals surface area contributed by atoms with Crippen molar-refractivity contribution in [2.75, 3.05) is 50.0 Å². The van der Waals surface area contributed by atoms with Crippen LogP contribution in [0.4, 0.5) is 11.4 Å². The van der Waals surface area contributed by atoms with Crippen molar-refractivity contribution in [3.05, 3.63) is 43.8 Å². The highest BCUT2D eigenvalue weighted by Crippen LogP contribution is 2.15. The predicted molar refractivity (Wildman–Crippen MR) is 132 cm³/mol. The van der Waals surface area contributed by atoms with Gasteiger partial charge in [-0.1, -0.05) is 6.07 Å². The van der Waals surface area contributed by atoms with Crippen molar-refractivity contribution in [1.82, 2.24) is 14.8 Å². The van der Waals surface area contributed by atoms with Crippen molar-refractivity contribution < 1.29 is 14.3 Å². The monoisotopic (exact) mass is 495 g/mol. The second-order valence-electron chi connectivity index (χ2n) is 7.45. The first-order chi connectivity index (χ1) is 17.0. The SMILES string of the molecule is CCn1c(=O)/c(=C\Nc2cccc(NC(=O)CN3CCOCC3)c2)s/c1=C(/C#N)C(=O)NCC#N. The summed E-state index contributed by atoms with van der Waals surface area (Å²) in [4.78, 5) is 39.5. The van der Waals surface area contributed by atoms with Gasteiger partial charge in [0.15, 0.2) is 5.57 Å². The van der Waals surface area contributed by atoms with Crippen LogP contribution in [0.15, 0.2) is 29.1 Å². The number of hydrogen-bond donors (Lipinski definition) is 3. The molecule has 12 heteroatoms. The van der Waals surface area contributed by atoms with Crippen molar-refractivity contribution in [2.45, 2.75) is 13.5 Å². The van der Waals surface area contributed by atoms with Crippen LogP contribution in [0.1, 0.15) is 6.92 Å². The van der Waals surface area contributed by atoms with Gasteiger partial charge in [0.2, 0.25) is 5.91 Å². The first kappa shape index (κ1) is 25.6. The molecule has 0 spiro atoms. The fraction of sp³-hybridized carbons (Fsp3) is 0.348. The summed E-state index contributed by atoms with van der Waals surface area (Å²) in [6, 6.07) is 10.7. The predicted octanol–water partition coefficient (Wildman–Crippen LogP) is -0.635. The van der Waals surface area contributed by atoms with Crippen LogP contribution in [-0.4, -0.2) is 60.7 Å². The fourth-order valence-electron chi connectivity index (χ4n) is 3.39. The zero-order valence-electron chi connectivity index (χ0n) is 19.2. The van der Waals surface area contributed by atoms with E-state index >= 15 is 0 Å². The van der Waals surface area contributed by atoms with Gasteiger partial charge in [-0.15, -0.1) is 11.3 Å². The number of amides is 2. The molecule has 35 heavy (non-hydrogen) atoms. The molecule has 1 saturated heterocycles. The lowest BCUT2D eigenvalue weighted by Crippen LogP contribution is -2.41. The van der Waals surface area contributed by atoms with Gasteiger partial charge >= 0.3 is 0 Å². The number of carbonyl (C=O) groups is 2. The van der Waals surface area contributed by atoms with Gasteiger partial charge in [-0.2, -0.15) is 10.5 Å². The fourth-order valence-corrected chi connectivity index (χ4v) is 4.48. The third kappa shape index (κ3) is 6.77. The molecule has 0 aliphatic carbocycles. The zero-order chi connectivity index (χ0) is 25.2. The molecular weight excluding hydrogens is 470 g/mol. The molecule has 1 aliphatic heterocycles. The van der Waals surface area contributed by atoms with Crippen LogP contribution in [0.3, 0.4) is 0 Å². The van der Waals surface area contributed by atoms with Gasteiger partial charge < -0.3 is 20.7 Å². The summed E-state index contributed by atoms with van der Waals surface area (Å²) >= 11 is 1.00. The summed E-state index contributed by atoms with van der Waals surface area (Å²) in [6.07, 6.45) is 1.50. The van der Waals surface area contributed by atoms with Gasteiger partial charge in [-0.05, 0) is 25.1 Å². The molecule has 1 aliphatic rings. The molecule has 0 atom stereocenters. The third-order valence-corrected chi connectivity index (χ3v) is 6.22. The molecule has 0 bridgehead atoms. The van der Waals surface area contributed by atoms with Crippen LogP contribution in [-0.2, 0) is 20.9 Å². The topological polar surface area (TPSA) is 152 Å². The Balaban J connectivity index is 1.80. The highest BCUT2D eigenvalue weighted by atomic mass is 32.1. The van der Waals surface area contributed by atoms with Crippen molar-refractivity contribution in [3.8, 4) is 12.1 Å². The zero-order valence-corrected chi connectivity index (χ0v) is 20.0. The molecule has 1 aromatic heterocycles. The highest BCUT2D eigenvalue weighted by molar-refractivity contribution is 7.07. The number of carbonyl (C=O) groups excluding carboxylic acids is 2. The standard InChI is InChI=1S/C23H25N7O4S/c1-2-30-22(33)19(35-23(30)18(13-25)21(32)26-7-6-24)14-27-16-4-3-5-17(12-16)28-20(31)15-29-8-10-34-11-9-29/h3-5,12,14,27H,2,7-11,15H2,1H3,(H,26,32)(H,28,31)/b19-14+,23-18-. The van der Waals surface area contributed by atoms with Gasteiger partial charge in [0, 0.05) is 37.2 Å². The molecule has 2 aromatic rings. The number of thiazole rings is 1. The first-order valence-electron chi connectivity index (χ1n) is 10.9. The summed E-state index contributed by atoms with van der Waals surface area (Å²) in [6.45, 7) is 4.70. The van der Waals surface area contributed by atoms with Gasteiger partial charge in [-0.3, -0.25) is 23.9 Å². The summed E-state index contributed by atoms with van der Waals surface area (Å²) in [5.41, 5.74) is 0.668. The van der Waals surface area contributed by atoms with Crippen molar-refractivity contribution in [3.63, 3.8) is 0 Å². The van der Waals surface area contributed by atoms with Gasteiger partial charge in [0.1, 0.15) is 21.8 Å². The Kier molecular flexibility index (Phi) is 9.15. The molecule has 3 rings (SSSR count). The minimum atomic E-state index is -0.711. The number of nitrogens with one attached hydrogen (secondary N) is 3. The second-order valence-corrected chi connectivity index (χ2v) is 8.49. The Morgan fingerprint density at radius 3 is 2.66 bits per heavy atom. The van der Waals surface area contributed by atoms with E-state index in [1.54, 1.807) is 37.3 Å². The average molecular weight is 496 g/mol. The summed E-state index contributed by atoms with van der Waals surface area (Å²) in [7, 11) is 0. The first-order valence-corrected chi connectivity index (χ1v) is 11.7. The number of hydrogen-bond acceptors (Lipinski definition) is 9. The molecule has 3 N–H and O–H groups in total. The van der Waals surface area contributed by atoms with Crippen molar-refractivity contribution in [1.29, 1.82) is 10.5 Å². The molecule has 182 valence electrons. The molecule has 1 fully saturated rings. The smallest absolute Gasteiger partial charge is 0.270 e. The van der Waals surface area contributed by atoms with Crippen LogP contribution in [0, 0.1) is 22.7 Å². The lowest BCUT2D eigenvalue weighted by Gasteiger charge is -2.25. The van der Waals surface area contributed by atoms with Gasteiger partial charge in [-0.25, -0.2) is 0 Å². The number of ether oxygens (including phenoxy) is 1. The largest absolute Gasteiger partial charge is 0.379 e. The minimum absolute atomic E-state index is 0.129. The molecule has 2 heterocycles. The molecule has 0 radical (unpaired) electrons. The maximum absolute atomic E-state index is 12.8. The third-order valence-electron chi connectivity index (χ3n) is 5.09. The van der Waals surface area contributed by atoms with Gasteiger partial charge in [0.25, 0.3) is 11.5 Å². The maximum Gasteiger partial charge on any atom is 0.270 e. The molecule has 2 amide bonds. The Morgan fingerprint density at radius 1 is 1.23 bits per heavy atom. The van der Waals surface area contributed by atoms with E-state index < -0.39 is 5.91 Å². The van der Waals surface area contributed by atoms with E-state index in [9.17, 15) is 19.6 Å². The number of morpholine rings is 1. The Labute approximate surface area is 205 Å². The van der Waals surface area contributed by atoms with E-state index in [1.807, 2.05) is 11.0 Å². The van der Waals surface area contributed by atoms with E-state index in [2.05, 4.69) is 16.0 Å². The number of anilines is 2. The number of rotatable bonds is 8. The molecule has 11 nitrogen and oxygen atoms in total. The van der Waals surface area contributed by atoms with E-state index in [-0.39, 0.29) is 41.3 Å². The van der Waals surface area contributed by atoms with E-state index in [4.69, 9.17) is 10.00 Å². The van der Waals surface area contributed by atoms with Crippen molar-refractivity contribution in [2.24, 2.45) is 0 Å². The quantitative estimate of drug-likeness (QED) is 0.409. The number of nitrogens with zero attached hydrogens (tertiary/aromatic N) is 4. The van der Waals surface area contributed by atoms with E-state index in [1.165, 1.54) is 10.8 Å². The number of benzene rings is 1. The second kappa shape index (κ2) is 12.5. The van der Waals surface area contributed by atoms with Crippen LogP contribution in [0.25, 0.3) is 11.8 Å². The van der Waals surface area contributed by atoms with E-state index in [0.29, 0.717) is 42.2 Å². The van der Waals surface area contributed by atoms with Crippen molar-refractivity contribution >= 4 is 46.3 Å². The summed E-state index contributed by atoms with van der Waals surface area (Å²) in [5, 5.41) is 26.4. The molecular formula is C23H25N7O4S. The maximum atomic E-state index is 12.8. The Hall–Kier alpha value is -3.97. The molecule has 0 saturated carbocycles. The summed E-state index contributed by atoms with van der Waals surface area (Å²) < 4.78 is 7.14. The van der Waals surface area contributed by atoms with Crippen LogP contribution in [0.5, 0.6) is 0 Å². The normalized spacial score (nSPS) is 15.0. The van der Waals surface area contributed by atoms with Gasteiger partial charge in [0.05, 0.1) is 25.8 Å². The Bertz CT molecular complexity index is 1340. The number of aromatic nitrogens is 1. The lowest BCUT2D eigenvalue weighted by atomic mass is 10.2. The number of nitriles is 2. The lowest BCUT2D eigenvalue weighted by molar-refractivity contribution is -0.118. The van der Waals surface area contributed by atoms with Crippen LogP contribution in [0.2, 0.25) is 0 Å². The minimum Gasteiger partial charge on any atom is -0.379 e. The molecule has 0 unspecified atom stereocenters. The van der Waals surface area contributed by atoms with Crippen LogP contribution >= 0.6 is 11.3 Å². The summed E-state index contributed by atoms with van der Waals surface area (Å²) in [5.74, 6) is -0.839.